The van der Waals surface area contributed by atoms with Gasteiger partial charge in [0.2, 0.25) is 0 Å². The average molecular weight is 697 g/mol. The van der Waals surface area contributed by atoms with E-state index in [4.69, 9.17) is 0 Å². The number of hydrogen-bond acceptors (Lipinski definition) is 4. The van der Waals surface area contributed by atoms with Crippen LogP contribution in [-0.4, -0.2) is 11.5 Å². The number of unbranched alkanes of at least 4 members (excludes halogenated alkanes) is 30. The molecule has 4 heteroatoms. The molecule has 0 heterocycles. The Labute approximate surface area is 308 Å². The lowest BCUT2D eigenvalue weighted by Crippen LogP contribution is -1.92. The zero-order valence-corrected chi connectivity index (χ0v) is 33.5. The predicted molar refractivity (Wildman–Crippen MR) is 216 cm³/mol. The van der Waals surface area contributed by atoms with Gasteiger partial charge < -0.3 is 0 Å². The second-order valence-electron chi connectivity index (χ2n) is 14.4. The maximum Gasteiger partial charge on any atom is 0.101 e. The first-order valence-electron chi connectivity index (χ1n) is 21.0. The van der Waals surface area contributed by atoms with Crippen LogP contribution in [0.25, 0.3) is 0 Å². The van der Waals surface area contributed by atoms with Crippen LogP contribution in [-0.2, 0) is 0 Å². The molecule has 0 fully saturated rings. The molecule has 0 spiro atoms. The molecule has 0 aliphatic carbocycles. The van der Waals surface area contributed by atoms with Gasteiger partial charge in [0.1, 0.15) is 12.1 Å². The SMILES string of the molecule is CCCCCCCCCCCCCCCCCCSc1cc(C#N)c(C#N)cc1SCCCCCCCCCCCCCCCCCC. The third-order valence-electron chi connectivity index (χ3n) is 9.84. The first-order chi connectivity index (χ1) is 23.8. The fourth-order valence-electron chi connectivity index (χ4n) is 6.64. The van der Waals surface area contributed by atoms with Gasteiger partial charge in [-0.1, -0.05) is 206 Å². The van der Waals surface area contributed by atoms with Crippen LogP contribution in [0.15, 0.2) is 21.9 Å². The molecule has 0 amide bonds. The summed E-state index contributed by atoms with van der Waals surface area (Å²) < 4.78 is 0. The van der Waals surface area contributed by atoms with Crippen molar-refractivity contribution in [2.24, 2.45) is 0 Å². The van der Waals surface area contributed by atoms with Crippen LogP contribution >= 0.6 is 23.5 Å². The van der Waals surface area contributed by atoms with Crippen LogP contribution in [0.2, 0.25) is 0 Å². The van der Waals surface area contributed by atoms with Gasteiger partial charge in [-0.15, -0.1) is 23.5 Å². The van der Waals surface area contributed by atoms with Crippen molar-refractivity contribution in [3.05, 3.63) is 23.3 Å². The van der Waals surface area contributed by atoms with Gasteiger partial charge >= 0.3 is 0 Å². The number of nitriles is 2. The molecule has 0 radical (unpaired) electrons. The molecule has 0 saturated heterocycles. The van der Waals surface area contributed by atoms with Crippen molar-refractivity contribution in [2.45, 2.75) is 229 Å². The quantitative estimate of drug-likeness (QED) is 0.0517. The van der Waals surface area contributed by atoms with E-state index in [1.807, 2.05) is 35.7 Å². The molecule has 0 N–H and O–H groups in total. The number of benzene rings is 1. The standard InChI is InChI=1S/C44H76N2S2/c1-3-5-7-9-11-13-15-17-19-21-23-25-27-29-31-33-35-47-43-37-41(39-45)42(40-46)38-44(43)48-36-34-32-30-28-26-24-22-20-18-16-14-12-10-8-6-4-2/h37-38H,3-36H2,1-2H3. The van der Waals surface area contributed by atoms with Crippen molar-refractivity contribution >= 4 is 23.5 Å². The number of nitrogens with zero attached hydrogens (tertiary/aromatic N) is 2. The van der Waals surface area contributed by atoms with E-state index in [1.165, 1.54) is 215 Å². The van der Waals surface area contributed by atoms with Crippen LogP contribution < -0.4 is 0 Å². The first-order valence-corrected chi connectivity index (χ1v) is 23.0. The maximum absolute atomic E-state index is 9.60. The highest BCUT2D eigenvalue weighted by Gasteiger charge is 2.11. The van der Waals surface area contributed by atoms with Gasteiger partial charge in [-0.25, -0.2) is 0 Å². The lowest BCUT2D eigenvalue weighted by molar-refractivity contribution is 0.531. The zero-order valence-electron chi connectivity index (χ0n) is 31.9. The molecule has 2 nitrogen and oxygen atoms in total. The summed E-state index contributed by atoms with van der Waals surface area (Å²) in [5.74, 6) is 2.20. The molecule has 274 valence electrons. The summed E-state index contributed by atoms with van der Waals surface area (Å²) >= 11 is 3.78. The monoisotopic (exact) mass is 697 g/mol. The molecule has 0 bridgehead atoms. The molecule has 0 unspecified atom stereocenters. The van der Waals surface area contributed by atoms with E-state index in [2.05, 4.69) is 26.0 Å². The molecular weight excluding hydrogens is 621 g/mol. The Hall–Kier alpha value is -1.10. The van der Waals surface area contributed by atoms with Crippen LogP contribution in [0.3, 0.4) is 0 Å². The molecule has 0 atom stereocenters. The highest BCUT2D eigenvalue weighted by molar-refractivity contribution is 8.02. The topological polar surface area (TPSA) is 47.6 Å². The Bertz CT molecular complexity index is 856. The molecule has 0 aliphatic heterocycles. The van der Waals surface area contributed by atoms with Crippen molar-refractivity contribution < 1.29 is 0 Å². The smallest absolute Gasteiger partial charge is 0.101 e. The fourth-order valence-corrected chi connectivity index (χ4v) is 8.93. The lowest BCUT2D eigenvalue weighted by atomic mass is 10.0. The molecule has 0 saturated carbocycles. The molecular formula is C44H76N2S2. The summed E-state index contributed by atoms with van der Waals surface area (Å²) in [6.45, 7) is 4.59. The highest BCUT2D eigenvalue weighted by atomic mass is 32.2. The van der Waals surface area contributed by atoms with Gasteiger partial charge in [0.15, 0.2) is 0 Å². The van der Waals surface area contributed by atoms with E-state index in [1.54, 1.807) is 0 Å². The van der Waals surface area contributed by atoms with Crippen molar-refractivity contribution in [1.82, 2.24) is 0 Å². The highest BCUT2D eigenvalue weighted by Crippen LogP contribution is 2.35. The molecule has 0 aromatic heterocycles. The Morgan fingerprint density at radius 2 is 0.562 bits per heavy atom. The van der Waals surface area contributed by atoms with E-state index >= 15 is 0 Å². The molecule has 1 aromatic carbocycles. The summed E-state index contributed by atoms with van der Waals surface area (Å²) in [5.41, 5.74) is 1.05. The molecule has 0 aliphatic rings. The Morgan fingerprint density at radius 1 is 0.354 bits per heavy atom. The largest absolute Gasteiger partial charge is 0.192 e. The zero-order chi connectivity index (χ0) is 34.6. The number of rotatable bonds is 36. The number of hydrogen-bond donors (Lipinski definition) is 0. The van der Waals surface area contributed by atoms with Crippen LogP contribution in [0.4, 0.5) is 0 Å². The Kier molecular flexibility index (Phi) is 33.4. The van der Waals surface area contributed by atoms with Gasteiger partial charge in [-0.3, -0.25) is 0 Å². The number of thioether (sulfide) groups is 2. The molecule has 1 rings (SSSR count). The summed E-state index contributed by atoms with van der Waals surface area (Å²) in [6, 6.07) is 8.46. The minimum atomic E-state index is 0.527. The summed E-state index contributed by atoms with van der Waals surface area (Å²) in [4.78, 5) is 2.40. The van der Waals surface area contributed by atoms with Gasteiger partial charge in [0, 0.05) is 9.79 Å². The first kappa shape index (κ1) is 44.9. The Morgan fingerprint density at radius 3 is 0.771 bits per heavy atom. The van der Waals surface area contributed by atoms with Crippen LogP contribution in [0, 0.1) is 22.7 Å². The molecule has 48 heavy (non-hydrogen) atoms. The molecule has 1 aromatic rings. The fraction of sp³-hybridized carbons (Fsp3) is 0.818. The van der Waals surface area contributed by atoms with Gasteiger partial charge in [0.25, 0.3) is 0 Å². The van der Waals surface area contributed by atoms with E-state index < -0.39 is 0 Å². The van der Waals surface area contributed by atoms with Gasteiger partial charge in [0.05, 0.1) is 11.1 Å². The van der Waals surface area contributed by atoms with Gasteiger partial charge in [-0.2, -0.15) is 10.5 Å². The van der Waals surface area contributed by atoms with E-state index in [0.29, 0.717) is 11.1 Å². The second kappa shape index (κ2) is 35.7. The lowest BCUT2D eigenvalue weighted by Gasteiger charge is -2.11. The van der Waals surface area contributed by atoms with E-state index in [9.17, 15) is 10.5 Å². The predicted octanol–water partition coefficient (Wildman–Crippen LogP) is 16.1. The van der Waals surface area contributed by atoms with Crippen LogP contribution in [0.5, 0.6) is 0 Å². The van der Waals surface area contributed by atoms with Crippen molar-refractivity contribution in [2.75, 3.05) is 11.5 Å². The van der Waals surface area contributed by atoms with E-state index in [0.717, 1.165) is 11.5 Å². The Balaban J connectivity index is 2.10. The van der Waals surface area contributed by atoms with Crippen molar-refractivity contribution in [3.63, 3.8) is 0 Å². The van der Waals surface area contributed by atoms with Crippen molar-refractivity contribution in [3.8, 4) is 12.1 Å². The summed E-state index contributed by atoms with van der Waals surface area (Å²) in [5, 5.41) is 19.2. The van der Waals surface area contributed by atoms with Crippen LogP contribution in [0.1, 0.15) is 230 Å². The average Bonchev–Trinajstić information content (AvgIpc) is 3.11. The minimum Gasteiger partial charge on any atom is -0.192 e. The third-order valence-corrected chi connectivity index (χ3v) is 12.2. The summed E-state index contributed by atoms with van der Waals surface area (Å²) in [7, 11) is 0. The normalized spacial score (nSPS) is 11.2. The van der Waals surface area contributed by atoms with Gasteiger partial charge in [-0.05, 0) is 36.5 Å². The van der Waals surface area contributed by atoms with E-state index in [-0.39, 0.29) is 0 Å². The maximum atomic E-state index is 9.60. The summed E-state index contributed by atoms with van der Waals surface area (Å²) in [6.07, 6.45) is 44.6. The third kappa shape index (κ3) is 26.7. The minimum absolute atomic E-state index is 0.527. The van der Waals surface area contributed by atoms with Crippen molar-refractivity contribution in [1.29, 1.82) is 10.5 Å². The second-order valence-corrected chi connectivity index (χ2v) is 16.6.